The SMILES string of the molecule is c1ccc(-c2cccc(-n3c4ccccc4c4cc(-n5c6ccccc6c6ccc7c8ccccc8oc7c65)ccc43)c2)cc1.c1ccc(-c2cccc(-n3c4ccccc4c4ccc(-n5c6ccccc6c6ccc7oc8ccccc8c7c65)cc43)c2)cc1.c1ccc(-c2ccccc2-n2c3ccccc3c3ccc(-n4c5ccccc5c5ccc6oc7ccccc7c6c54)cc32)cc1. The molecule has 630 valence electrons. The molecule has 135 heavy (non-hydrogen) atoms. The van der Waals surface area contributed by atoms with Crippen LogP contribution in [-0.2, 0) is 0 Å². The lowest BCUT2D eigenvalue weighted by molar-refractivity contribution is 0.669. The Kier molecular flexibility index (Phi) is 17.0. The molecule has 9 heterocycles. The van der Waals surface area contributed by atoms with E-state index in [2.05, 4.69) is 482 Å². The fourth-order valence-electron chi connectivity index (χ4n) is 22.1. The third kappa shape index (κ3) is 11.7. The highest BCUT2D eigenvalue weighted by Gasteiger charge is 2.27. The zero-order valence-electron chi connectivity index (χ0n) is 72.9. The molecule has 0 bridgehead atoms. The minimum Gasteiger partial charge on any atom is -0.456 e. The van der Waals surface area contributed by atoms with E-state index >= 15 is 0 Å². The smallest absolute Gasteiger partial charge is 0.160 e. The van der Waals surface area contributed by atoms with E-state index in [0.717, 1.165) is 105 Å². The number of benzene rings is 21. The van der Waals surface area contributed by atoms with Crippen LogP contribution in [0.4, 0.5) is 0 Å². The van der Waals surface area contributed by atoms with Crippen LogP contribution in [0.1, 0.15) is 0 Å². The van der Waals surface area contributed by atoms with Crippen LogP contribution in [0.3, 0.4) is 0 Å². The molecular formula is C126H78N6O3. The van der Waals surface area contributed by atoms with Crippen molar-refractivity contribution >= 4 is 197 Å². The predicted molar refractivity (Wildman–Crippen MR) is 564 cm³/mol. The van der Waals surface area contributed by atoms with Gasteiger partial charge in [0.2, 0.25) is 0 Å². The summed E-state index contributed by atoms with van der Waals surface area (Å²) in [6, 6.07) is 170. The molecule has 0 aliphatic rings. The molecule has 21 aromatic carbocycles. The number of furan rings is 3. The van der Waals surface area contributed by atoms with Gasteiger partial charge in [-0.1, -0.05) is 315 Å². The van der Waals surface area contributed by atoms with Crippen molar-refractivity contribution in [3.8, 4) is 67.5 Å². The second-order valence-electron chi connectivity index (χ2n) is 35.2. The minimum absolute atomic E-state index is 0.903. The molecule has 0 unspecified atom stereocenters. The molecule has 0 spiro atoms. The zero-order chi connectivity index (χ0) is 88.5. The van der Waals surface area contributed by atoms with Gasteiger partial charge in [0.15, 0.2) is 5.58 Å². The Balaban J connectivity index is 0.000000101. The predicted octanol–water partition coefficient (Wildman–Crippen LogP) is 34.3. The van der Waals surface area contributed by atoms with Crippen LogP contribution in [0, 0.1) is 0 Å². The molecule has 0 saturated carbocycles. The van der Waals surface area contributed by atoms with Gasteiger partial charge in [0.25, 0.3) is 0 Å². The number of aromatic nitrogens is 6. The molecule has 0 saturated heterocycles. The van der Waals surface area contributed by atoms with Gasteiger partial charge < -0.3 is 40.7 Å². The summed E-state index contributed by atoms with van der Waals surface area (Å²) in [5.74, 6) is 0. The molecule has 0 atom stereocenters. The fraction of sp³-hybridized carbons (Fsp3) is 0. The Morgan fingerprint density at radius 3 is 0.956 bits per heavy atom. The average Bonchev–Trinajstić information content (AvgIpc) is 1.56. The van der Waals surface area contributed by atoms with Crippen molar-refractivity contribution in [1.29, 1.82) is 0 Å². The van der Waals surface area contributed by atoms with Crippen LogP contribution < -0.4 is 0 Å². The van der Waals surface area contributed by atoms with Gasteiger partial charge >= 0.3 is 0 Å². The van der Waals surface area contributed by atoms with E-state index in [-0.39, 0.29) is 0 Å². The Bertz CT molecular complexity index is 10100. The van der Waals surface area contributed by atoms with Gasteiger partial charge in [0.1, 0.15) is 27.9 Å². The first-order valence-electron chi connectivity index (χ1n) is 46.1. The van der Waals surface area contributed by atoms with E-state index in [0.29, 0.717) is 0 Å². The quantitative estimate of drug-likeness (QED) is 0.145. The summed E-state index contributed by atoms with van der Waals surface area (Å²) in [6.45, 7) is 0. The first-order valence-corrected chi connectivity index (χ1v) is 46.1. The van der Waals surface area contributed by atoms with Crippen LogP contribution in [0.2, 0.25) is 0 Å². The van der Waals surface area contributed by atoms with E-state index < -0.39 is 0 Å². The van der Waals surface area contributed by atoms with Gasteiger partial charge in [-0.2, -0.15) is 0 Å². The maximum Gasteiger partial charge on any atom is 0.160 e. The number of hydrogen-bond donors (Lipinski definition) is 0. The summed E-state index contributed by atoms with van der Waals surface area (Å²) in [5, 5.41) is 21.6. The lowest BCUT2D eigenvalue weighted by Gasteiger charge is -2.15. The van der Waals surface area contributed by atoms with Crippen molar-refractivity contribution in [2.75, 3.05) is 0 Å². The summed E-state index contributed by atoms with van der Waals surface area (Å²) in [4.78, 5) is 0. The number of hydrogen-bond acceptors (Lipinski definition) is 3. The Morgan fingerprint density at radius 2 is 0.452 bits per heavy atom. The first kappa shape index (κ1) is 75.8. The molecular weight excluding hydrogens is 1650 g/mol. The van der Waals surface area contributed by atoms with Crippen LogP contribution in [0.25, 0.3) is 264 Å². The minimum atomic E-state index is 0.903. The lowest BCUT2D eigenvalue weighted by atomic mass is 10.0. The van der Waals surface area contributed by atoms with Gasteiger partial charge in [0.05, 0.1) is 82.7 Å². The maximum absolute atomic E-state index is 6.60. The number of nitrogens with zero attached hydrogens (tertiary/aromatic N) is 6. The van der Waals surface area contributed by atoms with Crippen molar-refractivity contribution in [1.82, 2.24) is 27.4 Å². The second kappa shape index (κ2) is 30.2. The number of para-hydroxylation sites is 10. The molecule has 30 aromatic rings. The van der Waals surface area contributed by atoms with Gasteiger partial charge in [-0.15, -0.1) is 0 Å². The standard InChI is InChI=1S/3C42H26N2O/c1-2-12-27(13-3-1)29-14-4-8-18-35(29)44-37-20-10-5-15-30(37)32-23-22-28(26-38(32)44)43-36-19-9-6-16-31(36)33-24-25-40-41(42(33)43)34-17-7-11-21-39(34)45-40;1-2-11-27(12-3-1)28-13-10-14-29(25-28)43-37-18-7-5-16-32(37)36-26-30(21-24-39(36)43)44-38-19-8-4-15-31(38)34-22-23-35-33-17-6-9-20-40(33)45-42(35)41(34)44;1-2-11-27(12-3-1)28-13-10-14-29(25-28)43-36-18-7-4-15-31(36)33-22-21-30(26-38(33)43)44-37-19-8-5-16-32(37)34-23-24-40-41(42(34)44)35-17-6-9-20-39(35)45-40/h3*1-26H. The van der Waals surface area contributed by atoms with Crippen LogP contribution in [0.5, 0.6) is 0 Å². The van der Waals surface area contributed by atoms with Crippen LogP contribution in [0.15, 0.2) is 486 Å². The van der Waals surface area contributed by atoms with E-state index in [1.165, 1.54) is 159 Å². The van der Waals surface area contributed by atoms with E-state index in [1.807, 2.05) is 18.2 Å². The zero-order valence-corrected chi connectivity index (χ0v) is 72.9. The molecule has 0 radical (unpaired) electrons. The topological polar surface area (TPSA) is 69.0 Å². The Hall–Kier alpha value is -18.2. The fourth-order valence-corrected chi connectivity index (χ4v) is 22.1. The van der Waals surface area contributed by atoms with E-state index in [4.69, 9.17) is 13.3 Å². The van der Waals surface area contributed by atoms with Crippen LogP contribution in [-0.4, -0.2) is 27.4 Å². The summed E-state index contributed by atoms with van der Waals surface area (Å²) in [7, 11) is 0. The molecule has 9 nitrogen and oxygen atoms in total. The number of rotatable bonds is 9. The van der Waals surface area contributed by atoms with E-state index in [1.54, 1.807) is 0 Å². The second-order valence-corrected chi connectivity index (χ2v) is 35.2. The summed E-state index contributed by atoms with van der Waals surface area (Å²) in [5.41, 5.74) is 33.6. The largest absolute Gasteiger partial charge is 0.456 e. The normalized spacial score (nSPS) is 12.0. The highest BCUT2D eigenvalue weighted by molar-refractivity contribution is 6.28. The van der Waals surface area contributed by atoms with Crippen molar-refractivity contribution < 1.29 is 13.3 Å². The third-order valence-electron chi connectivity index (χ3n) is 27.9. The van der Waals surface area contributed by atoms with Gasteiger partial charge in [-0.3, -0.25) is 0 Å². The van der Waals surface area contributed by atoms with Gasteiger partial charge in [0, 0.05) is 120 Å². The summed E-state index contributed by atoms with van der Waals surface area (Å²) in [6.07, 6.45) is 0. The highest BCUT2D eigenvalue weighted by atomic mass is 16.3. The van der Waals surface area contributed by atoms with Crippen molar-refractivity contribution in [2.45, 2.75) is 0 Å². The summed E-state index contributed by atoms with van der Waals surface area (Å²) >= 11 is 0. The monoisotopic (exact) mass is 1720 g/mol. The first-order chi connectivity index (χ1) is 67.0. The molecule has 30 rings (SSSR count). The lowest BCUT2D eigenvalue weighted by Crippen LogP contribution is -1.99. The van der Waals surface area contributed by atoms with Crippen molar-refractivity contribution in [3.63, 3.8) is 0 Å². The van der Waals surface area contributed by atoms with Crippen molar-refractivity contribution in [3.05, 3.63) is 473 Å². The van der Waals surface area contributed by atoms with Gasteiger partial charge in [-0.05, 0) is 186 Å². The third-order valence-corrected chi connectivity index (χ3v) is 27.9. The molecule has 0 aliphatic carbocycles. The van der Waals surface area contributed by atoms with Gasteiger partial charge in [-0.25, -0.2) is 0 Å². The molecule has 0 aliphatic heterocycles. The van der Waals surface area contributed by atoms with E-state index in [9.17, 15) is 0 Å². The maximum atomic E-state index is 6.60. The molecule has 0 amide bonds. The Labute approximate surface area is 772 Å². The summed E-state index contributed by atoms with van der Waals surface area (Å²) < 4.78 is 33.8. The molecule has 9 heteroatoms. The van der Waals surface area contributed by atoms with Crippen LogP contribution >= 0.6 is 0 Å². The Morgan fingerprint density at radius 1 is 0.141 bits per heavy atom. The highest BCUT2D eigenvalue weighted by Crippen LogP contribution is 2.49. The molecule has 9 aromatic heterocycles. The molecule has 0 N–H and O–H groups in total. The van der Waals surface area contributed by atoms with Crippen molar-refractivity contribution in [2.24, 2.45) is 0 Å². The number of fused-ring (bicyclic) bond motifs is 30. The molecule has 0 fully saturated rings. The average molecular weight is 1720 g/mol.